The van der Waals surface area contributed by atoms with Crippen molar-refractivity contribution >= 4 is 34.0 Å². The molecule has 0 saturated heterocycles. The Bertz CT molecular complexity index is 666. The molecule has 2 aromatic rings. The Morgan fingerprint density at radius 1 is 1.21 bits per heavy atom. The first-order valence-corrected chi connectivity index (χ1v) is 7.58. The van der Waals surface area contributed by atoms with Crippen molar-refractivity contribution in [2.45, 2.75) is 19.3 Å². The molecule has 0 unspecified atom stereocenters. The maximum absolute atomic E-state index is 5.25. The van der Waals surface area contributed by atoms with Crippen molar-refractivity contribution in [3.63, 3.8) is 0 Å². The molecule has 19 heavy (non-hydrogen) atoms. The van der Waals surface area contributed by atoms with E-state index in [4.69, 9.17) is 12.2 Å². The number of fused-ring (bicyclic) bond motifs is 1. The lowest BCUT2D eigenvalue weighted by Crippen LogP contribution is -2.05. The number of hydrogen-bond donors (Lipinski definition) is 2. The molecule has 0 spiro atoms. The van der Waals surface area contributed by atoms with Crippen molar-refractivity contribution < 1.29 is 0 Å². The summed E-state index contributed by atoms with van der Waals surface area (Å²) in [4.78, 5) is 7.68. The molecule has 0 saturated carbocycles. The number of rotatable bonds is 1. The van der Waals surface area contributed by atoms with Crippen LogP contribution in [-0.2, 0) is 6.42 Å². The van der Waals surface area contributed by atoms with Crippen LogP contribution in [0.4, 0.5) is 5.82 Å². The molecular formula is C14H14BrN3S. The van der Waals surface area contributed by atoms with Crippen LogP contribution in [0.25, 0.3) is 11.3 Å². The average molecular weight is 336 g/mol. The van der Waals surface area contributed by atoms with E-state index >= 15 is 0 Å². The lowest BCUT2D eigenvalue weighted by Gasteiger charge is -2.13. The van der Waals surface area contributed by atoms with Gasteiger partial charge in [-0.1, -0.05) is 34.1 Å². The van der Waals surface area contributed by atoms with Crippen LogP contribution in [0, 0.1) is 4.77 Å². The number of nitrogens with zero attached hydrogens (tertiary/aromatic N) is 1. The smallest absolute Gasteiger partial charge is 0.199 e. The third kappa shape index (κ3) is 2.58. The first kappa shape index (κ1) is 12.8. The van der Waals surface area contributed by atoms with Gasteiger partial charge in [-0.05, 0) is 37.5 Å². The average Bonchev–Trinajstić information content (AvgIpc) is 2.63. The van der Waals surface area contributed by atoms with Crippen LogP contribution in [0.2, 0.25) is 0 Å². The minimum Gasteiger partial charge on any atom is -0.370 e. The monoisotopic (exact) mass is 335 g/mol. The quantitative estimate of drug-likeness (QED) is 0.762. The Labute approximate surface area is 125 Å². The van der Waals surface area contributed by atoms with Crippen molar-refractivity contribution in [1.29, 1.82) is 0 Å². The molecule has 98 valence electrons. The van der Waals surface area contributed by atoms with Gasteiger partial charge in [0.1, 0.15) is 5.82 Å². The SMILES string of the molecule is S=c1nc2c(c(-c3ccccc3Br)[nH]1)CCCCN2. The number of hydrogen-bond acceptors (Lipinski definition) is 3. The maximum atomic E-state index is 5.25. The third-order valence-electron chi connectivity index (χ3n) is 3.32. The van der Waals surface area contributed by atoms with Crippen LogP contribution in [0.1, 0.15) is 18.4 Å². The molecule has 1 aliphatic heterocycles. The Kier molecular flexibility index (Phi) is 3.66. The largest absolute Gasteiger partial charge is 0.370 e. The highest BCUT2D eigenvalue weighted by Crippen LogP contribution is 2.33. The van der Waals surface area contributed by atoms with E-state index < -0.39 is 0 Å². The Balaban J connectivity index is 2.24. The first-order chi connectivity index (χ1) is 9.25. The van der Waals surface area contributed by atoms with E-state index in [9.17, 15) is 0 Å². The van der Waals surface area contributed by atoms with Gasteiger partial charge in [-0.2, -0.15) is 0 Å². The van der Waals surface area contributed by atoms with Crippen LogP contribution in [0.5, 0.6) is 0 Å². The van der Waals surface area contributed by atoms with E-state index in [0.29, 0.717) is 4.77 Å². The summed E-state index contributed by atoms with van der Waals surface area (Å²) in [5.41, 5.74) is 3.45. The number of aromatic nitrogens is 2. The molecule has 1 aromatic heterocycles. The molecule has 3 rings (SSSR count). The predicted molar refractivity (Wildman–Crippen MR) is 84.0 cm³/mol. The highest BCUT2D eigenvalue weighted by atomic mass is 79.9. The van der Waals surface area contributed by atoms with Crippen LogP contribution in [0.15, 0.2) is 28.7 Å². The summed E-state index contributed by atoms with van der Waals surface area (Å²) in [6, 6.07) is 8.19. The van der Waals surface area contributed by atoms with E-state index in [1.165, 1.54) is 18.4 Å². The summed E-state index contributed by atoms with van der Waals surface area (Å²) in [6.07, 6.45) is 3.36. The summed E-state index contributed by atoms with van der Waals surface area (Å²) in [7, 11) is 0. The first-order valence-electron chi connectivity index (χ1n) is 6.37. The molecule has 0 radical (unpaired) electrons. The second-order valence-electron chi connectivity index (χ2n) is 4.61. The normalized spacial score (nSPS) is 14.4. The van der Waals surface area contributed by atoms with Crippen molar-refractivity contribution in [3.8, 4) is 11.3 Å². The minimum absolute atomic E-state index is 0.527. The molecule has 0 fully saturated rings. The number of H-pyrrole nitrogens is 1. The summed E-state index contributed by atoms with van der Waals surface area (Å²) < 4.78 is 1.59. The molecule has 2 heterocycles. The van der Waals surface area contributed by atoms with E-state index in [-0.39, 0.29) is 0 Å². The highest BCUT2D eigenvalue weighted by Gasteiger charge is 2.16. The molecule has 2 N–H and O–H groups in total. The van der Waals surface area contributed by atoms with Gasteiger partial charge in [0.05, 0.1) is 5.69 Å². The van der Waals surface area contributed by atoms with Crippen molar-refractivity contribution in [3.05, 3.63) is 39.1 Å². The predicted octanol–water partition coefficient (Wildman–Crippen LogP) is 4.32. The van der Waals surface area contributed by atoms with E-state index in [1.54, 1.807) is 0 Å². The van der Waals surface area contributed by atoms with Gasteiger partial charge in [-0.15, -0.1) is 0 Å². The second kappa shape index (κ2) is 5.43. The highest BCUT2D eigenvalue weighted by molar-refractivity contribution is 9.10. The number of anilines is 1. The second-order valence-corrected chi connectivity index (χ2v) is 5.85. The standard InChI is InChI=1S/C14H14BrN3S/c15-11-7-2-1-5-9(11)12-10-6-3-4-8-16-13(10)18-14(19)17-12/h1-2,5,7H,3-4,6,8H2,(H2,16,17,18,19). The zero-order chi connectivity index (χ0) is 13.2. The molecule has 5 heteroatoms. The van der Waals surface area contributed by atoms with Crippen molar-refractivity contribution in [1.82, 2.24) is 9.97 Å². The number of benzene rings is 1. The van der Waals surface area contributed by atoms with Gasteiger partial charge in [-0.25, -0.2) is 4.98 Å². The van der Waals surface area contributed by atoms with Crippen LogP contribution >= 0.6 is 28.1 Å². The molecule has 1 aromatic carbocycles. The van der Waals surface area contributed by atoms with Gasteiger partial charge in [0.2, 0.25) is 0 Å². The van der Waals surface area contributed by atoms with E-state index in [0.717, 1.165) is 34.5 Å². The molecule has 1 aliphatic rings. The summed E-state index contributed by atoms with van der Waals surface area (Å²) >= 11 is 8.86. The lowest BCUT2D eigenvalue weighted by atomic mass is 10.0. The topological polar surface area (TPSA) is 40.7 Å². The molecule has 0 atom stereocenters. The fourth-order valence-corrected chi connectivity index (χ4v) is 3.09. The molecule has 0 bridgehead atoms. The van der Waals surface area contributed by atoms with Crippen LogP contribution in [-0.4, -0.2) is 16.5 Å². The fraction of sp³-hybridized carbons (Fsp3) is 0.286. The fourth-order valence-electron chi connectivity index (χ4n) is 2.41. The lowest BCUT2D eigenvalue weighted by molar-refractivity contribution is 0.785. The van der Waals surface area contributed by atoms with Gasteiger partial charge in [-0.3, -0.25) is 0 Å². The van der Waals surface area contributed by atoms with Gasteiger partial charge in [0, 0.05) is 22.1 Å². The Morgan fingerprint density at radius 3 is 2.89 bits per heavy atom. The molecule has 3 nitrogen and oxygen atoms in total. The third-order valence-corrected chi connectivity index (χ3v) is 4.21. The van der Waals surface area contributed by atoms with Crippen molar-refractivity contribution in [2.75, 3.05) is 11.9 Å². The zero-order valence-electron chi connectivity index (χ0n) is 10.4. The van der Waals surface area contributed by atoms with E-state index in [1.807, 2.05) is 18.2 Å². The van der Waals surface area contributed by atoms with Gasteiger partial charge in [0.15, 0.2) is 4.77 Å². The molecular weight excluding hydrogens is 322 g/mol. The maximum Gasteiger partial charge on any atom is 0.199 e. The zero-order valence-corrected chi connectivity index (χ0v) is 12.8. The van der Waals surface area contributed by atoms with Gasteiger partial charge < -0.3 is 10.3 Å². The van der Waals surface area contributed by atoms with Crippen molar-refractivity contribution in [2.24, 2.45) is 0 Å². The molecule has 0 amide bonds. The number of halogens is 1. The van der Waals surface area contributed by atoms with Crippen LogP contribution < -0.4 is 5.32 Å². The summed E-state index contributed by atoms with van der Waals surface area (Å²) in [5, 5.41) is 3.38. The Hall–Kier alpha value is -1.20. The van der Waals surface area contributed by atoms with Gasteiger partial charge >= 0.3 is 0 Å². The van der Waals surface area contributed by atoms with E-state index in [2.05, 4.69) is 37.3 Å². The Morgan fingerprint density at radius 2 is 2.05 bits per heavy atom. The van der Waals surface area contributed by atoms with Gasteiger partial charge in [0.25, 0.3) is 0 Å². The van der Waals surface area contributed by atoms with Crippen LogP contribution in [0.3, 0.4) is 0 Å². The number of nitrogens with one attached hydrogen (secondary N) is 2. The minimum atomic E-state index is 0.527. The number of aromatic amines is 1. The summed E-state index contributed by atoms with van der Waals surface area (Å²) in [6.45, 7) is 0.966. The molecule has 0 aliphatic carbocycles. The summed E-state index contributed by atoms with van der Waals surface area (Å²) in [5.74, 6) is 0.937.